The zero-order chi connectivity index (χ0) is 15.1. The van der Waals surface area contributed by atoms with Gasteiger partial charge < -0.3 is 19.4 Å². The van der Waals surface area contributed by atoms with Gasteiger partial charge in [-0.15, -0.1) is 0 Å². The Morgan fingerprint density at radius 2 is 2.14 bits per heavy atom. The zero-order valence-electron chi connectivity index (χ0n) is 12.8. The average molecular weight is 312 g/mol. The van der Waals surface area contributed by atoms with Crippen LogP contribution in [0.25, 0.3) is 0 Å². The molecular weight excluding hydrogens is 288 g/mol. The molecule has 1 aromatic rings. The summed E-state index contributed by atoms with van der Waals surface area (Å²) < 4.78 is 10.6. The van der Waals surface area contributed by atoms with Crippen molar-refractivity contribution in [2.24, 2.45) is 0 Å². The van der Waals surface area contributed by atoms with Crippen molar-refractivity contribution in [3.8, 4) is 0 Å². The maximum atomic E-state index is 11.7. The van der Waals surface area contributed by atoms with Gasteiger partial charge in [0.15, 0.2) is 0 Å². The normalized spacial score (nSPS) is 16.4. The number of carbonyl (C=O) groups excluding carboxylic acids is 1. The standard InChI is InChI=1S/C15H24N2O3S/c1-19-10-15(18)17-7-5-12(6-8-17)16-9-13-3-4-14(20-13)11-21-2/h3-4,12,16H,5-11H2,1-2H3. The molecule has 0 aliphatic carbocycles. The quantitative estimate of drug-likeness (QED) is 0.833. The molecule has 118 valence electrons. The molecule has 0 aromatic carbocycles. The Morgan fingerprint density at radius 1 is 1.43 bits per heavy atom. The molecule has 1 aromatic heterocycles. The Morgan fingerprint density at radius 3 is 2.81 bits per heavy atom. The molecule has 1 fully saturated rings. The number of piperidine rings is 1. The fourth-order valence-electron chi connectivity index (χ4n) is 2.53. The van der Waals surface area contributed by atoms with Crippen molar-refractivity contribution in [2.45, 2.75) is 31.2 Å². The Bertz CT molecular complexity index is 442. The minimum absolute atomic E-state index is 0.0868. The van der Waals surface area contributed by atoms with Crippen LogP contribution in [0.1, 0.15) is 24.4 Å². The number of methoxy groups -OCH3 is 1. The lowest BCUT2D eigenvalue weighted by atomic mass is 10.0. The molecule has 0 spiro atoms. The van der Waals surface area contributed by atoms with Gasteiger partial charge in [0.1, 0.15) is 18.1 Å². The van der Waals surface area contributed by atoms with Crippen LogP contribution in [0.2, 0.25) is 0 Å². The summed E-state index contributed by atoms with van der Waals surface area (Å²) in [6.45, 7) is 2.54. The highest BCUT2D eigenvalue weighted by Crippen LogP contribution is 2.15. The molecule has 6 heteroatoms. The molecular formula is C15H24N2O3S. The molecule has 1 amide bonds. The largest absolute Gasteiger partial charge is 0.464 e. The number of hydrogen-bond donors (Lipinski definition) is 1. The molecule has 1 N–H and O–H groups in total. The molecule has 0 unspecified atom stereocenters. The first kappa shape index (κ1) is 16.4. The van der Waals surface area contributed by atoms with Crippen molar-refractivity contribution in [3.63, 3.8) is 0 Å². The van der Waals surface area contributed by atoms with Crippen LogP contribution in [-0.4, -0.2) is 49.9 Å². The number of rotatable bonds is 7. The number of thioether (sulfide) groups is 1. The first-order valence-corrected chi connectivity index (χ1v) is 8.69. The molecule has 5 nitrogen and oxygen atoms in total. The lowest BCUT2D eigenvalue weighted by Crippen LogP contribution is -2.45. The van der Waals surface area contributed by atoms with Gasteiger partial charge in [0.25, 0.3) is 0 Å². The van der Waals surface area contributed by atoms with Crippen LogP contribution in [0.4, 0.5) is 0 Å². The fraction of sp³-hybridized carbons (Fsp3) is 0.667. The number of amides is 1. The van der Waals surface area contributed by atoms with E-state index in [2.05, 4.69) is 11.6 Å². The Balaban J connectivity index is 1.69. The predicted octanol–water partition coefficient (Wildman–Crippen LogP) is 1.87. The van der Waals surface area contributed by atoms with Gasteiger partial charge in [-0.1, -0.05) is 0 Å². The smallest absolute Gasteiger partial charge is 0.248 e. The first-order valence-electron chi connectivity index (χ1n) is 7.29. The van der Waals surface area contributed by atoms with E-state index in [0.29, 0.717) is 6.04 Å². The van der Waals surface area contributed by atoms with Crippen LogP contribution in [0.5, 0.6) is 0 Å². The van der Waals surface area contributed by atoms with Crippen LogP contribution in [-0.2, 0) is 21.8 Å². The Kier molecular flexibility index (Phi) is 6.60. The van der Waals surface area contributed by atoms with Gasteiger partial charge in [-0.25, -0.2) is 0 Å². The highest BCUT2D eigenvalue weighted by atomic mass is 32.2. The van der Waals surface area contributed by atoms with Gasteiger partial charge in [-0.05, 0) is 31.2 Å². The van der Waals surface area contributed by atoms with Crippen LogP contribution < -0.4 is 5.32 Å². The molecule has 21 heavy (non-hydrogen) atoms. The molecule has 0 radical (unpaired) electrons. The lowest BCUT2D eigenvalue weighted by molar-refractivity contribution is -0.136. The first-order chi connectivity index (χ1) is 10.2. The maximum absolute atomic E-state index is 11.7. The van der Waals surface area contributed by atoms with Crippen LogP contribution >= 0.6 is 11.8 Å². The average Bonchev–Trinajstić information content (AvgIpc) is 2.94. The van der Waals surface area contributed by atoms with Gasteiger partial charge in [-0.3, -0.25) is 4.79 Å². The van der Waals surface area contributed by atoms with E-state index in [-0.39, 0.29) is 12.5 Å². The SMILES string of the molecule is COCC(=O)N1CCC(NCc2ccc(CSC)o2)CC1. The van der Waals surface area contributed by atoms with E-state index >= 15 is 0 Å². The number of nitrogens with one attached hydrogen (secondary N) is 1. The molecule has 0 atom stereocenters. The number of likely N-dealkylation sites (tertiary alicyclic amines) is 1. The van der Waals surface area contributed by atoms with E-state index in [1.54, 1.807) is 18.9 Å². The summed E-state index contributed by atoms with van der Waals surface area (Å²) in [5, 5.41) is 3.52. The third-order valence-electron chi connectivity index (χ3n) is 3.68. The van der Waals surface area contributed by atoms with Crippen LogP contribution in [0.15, 0.2) is 16.5 Å². The third-order valence-corrected chi connectivity index (χ3v) is 4.26. The van der Waals surface area contributed by atoms with E-state index in [0.717, 1.165) is 49.7 Å². The molecule has 1 aliphatic rings. The summed E-state index contributed by atoms with van der Waals surface area (Å²) >= 11 is 1.76. The van der Waals surface area contributed by atoms with Gasteiger partial charge in [0.2, 0.25) is 5.91 Å². The van der Waals surface area contributed by atoms with E-state index in [1.807, 2.05) is 17.0 Å². The van der Waals surface area contributed by atoms with Crippen molar-refractivity contribution < 1.29 is 13.9 Å². The number of furan rings is 1. The number of nitrogens with zero attached hydrogens (tertiary/aromatic N) is 1. The maximum Gasteiger partial charge on any atom is 0.248 e. The summed E-state index contributed by atoms with van der Waals surface area (Å²) in [4.78, 5) is 13.6. The van der Waals surface area contributed by atoms with Crippen molar-refractivity contribution in [1.82, 2.24) is 10.2 Å². The summed E-state index contributed by atoms with van der Waals surface area (Å²) in [5.41, 5.74) is 0. The highest BCUT2D eigenvalue weighted by Gasteiger charge is 2.22. The van der Waals surface area contributed by atoms with Crippen molar-refractivity contribution in [2.75, 3.05) is 33.1 Å². The van der Waals surface area contributed by atoms with E-state index in [1.165, 1.54) is 0 Å². The van der Waals surface area contributed by atoms with Crippen molar-refractivity contribution >= 4 is 17.7 Å². The summed E-state index contributed by atoms with van der Waals surface area (Å²) in [6, 6.07) is 4.53. The second kappa shape index (κ2) is 8.46. The van der Waals surface area contributed by atoms with E-state index < -0.39 is 0 Å². The summed E-state index contributed by atoms with van der Waals surface area (Å²) in [7, 11) is 1.56. The minimum atomic E-state index is 0.0868. The van der Waals surface area contributed by atoms with Gasteiger partial charge in [-0.2, -0.15) is 11.8 Å². The van der Waals surface area contributed by atoms with E-state index in [9.17, 15) is 4.79 Å². The monoisotopic (exact) mass is 312 g/mol. The molecule has 1 aliphatic heterocycles. The molecule has 2 heterocycles. The predicted molar refractivity (Wildman–Crippen MR) is 84.2 cm³/mol. The summed E-state index contributed by atoms with van der Waals surface area (Å²) in [6.07, 6.45) is 4.03. The van der Waals surface area contributed by atoms with Gasteiger partial charge >= 0.3 is 0 Å². The zero-order valence-corrected chi connectivity index (χ0v) is 13.6. The molecule has 0 bridgehead atoms. The molecule has 0 saturated carbocycles. The second-order valence-corrected chi connectivity index (χ2v) is 6.14. The van der Waals surface area contributed by atoms with Gasteiger partial charge in [0, 0.05) is 26.2 Å². The second-order valence-electron chi connectivity index (χ2n) is 5.27. The molecule has 1 saturated heterocycles. The highest BCUT2D eigenvalue weighted by molar-refractivity contribution is 7.97. The van der Waals surface area contributed by atoms with Crippen molar-refractivity contribution in [1.29, 1.82) is 0 Å². The number of carbonyl (C=O) groups is 1. The van der Waals surface area contributed by atoms with E-state index in [4.69, 9.17) is 9.15 Å². The lowest BCUT2D eigenvalue weighted by Gasteiger charge is -2.32. The Hall–Kier alpha value is -0.980. The van der Waals surface area contributed by atoms with Crippen LogP contribution in [0, 0.1) is 0 Å². The number of hydrogen-bond acceptors (Lipinski definition) is 5. The fourth-order valence-corrected chi connectivity index (χ4v) is 2.97. The molecule has 2 rings (SSSR count). The topological polar surface area (TPSA) is 54.7 Å². The number of ether oxygens (including phenoxy) is 1. The van der Waals surface area contributed by atoms with Crippen LogP contribution in [0.3, 0.4) is 0 Å². The Labute approximate surface area is 130 Å². The van der Waals surface area contributed by atoms with Crippen molar-refractivity contribution in [3.05, 3.63) is 23.7 Å². The minimum Gasteiger partial charge on any atom is -0.464 e. The summed E-state index contributed by atoms with van der Waals surface area (Å²) in [5.74, 6) is 3.01. The van der Waals surface area contributed by atoms with Gasteiger partial charge in [0.05, 0.1) is 12.3 Å². The third kappa shape index (κ3) is 5.05.